The van der Waals surface area contributed by atoms with Crippen LogP contribution >= 0.6 is 11.6 Å². The first-order chi connectivity index (χ1) is 9.51. The van der Waals surface area contributed by atoms with Crippen LogP contribution in [0, 0.1) is 0 Å². The molecule has 0 saturated heterocycles. The number of nitrogens with one attached hydrogen (secondary N) is 1. The average molecular weight is 288 g/mol. The van der Waals surface area contributed by atoms with Gasteiger partial charge in [-0.05, 0) is 31.0 Å². The van der Waals surface area contributed by atoms with E-state index in [0.717, 1.165) is 11.1 Å². The van der Waals surface area contributed by atoms with Gasteiger partial charge in [-0.15, -0.1) is 0 Å². The molecule has 0 aliphatic rings. The van der Waals surface area contributed by atoms with E-state index >= 15 is 0 Å². The largest absolute Gasteiger partial charge is 0.351 e. The molecule has 3 heteroatoms. The van der Waals surface area contributed by atoms with Gasteiger partial charge in [-0.3, -0.25) is 4.79 Å². The fourth-order valence-corrected chi connectivity index (χ4v) is 2.23. The summed E-state index contributed by atoms with van der Waals surface area (Å²) in [7, 11) is 0. The van der Waals surface area contributed by atoms with E-state index in [2.05, 4.69) is 5.32 Å². The van der Waals surface area contributed by atoms with Gasteiger partial charge in [0.1, 0.15) is 0 Å². The highest BCUT2D eigenvalue weighted by Crippen LogP contribution is 2.23. The quantitative estimate of drug-likeness (QED) is 0.907. The van der Waals surface area contributed by atoms with Crippen molar-refractivity contribution in [3.05, 3.63) is 70.7 Å². The third-order valence-corrected chi connectivity index (χ3v) is 3.83. The van der Waals surface area contributed by atoms with Gasteiger partial charge in [0.2, 0.25) is 5.91 Å². The summed E-state index contributed by atoms with van der Waals surface area (Å²) in [5, 5.41) is 3.63. The molecule has 0 saturated carbocycles. The fraction of sp³-hybridized carbons (Fsp3) is 0.235. The molecule has 0 aliphatic carbocycles. The molecule has 2 rings (SSSR count). The summed E-state index contributed by atoms with van der Waals surface area (Å²) in [6.45, 7) is 4.28. The molecule has 0 bridgehead atoms. The third-order valence-electron chi connectivity index (χ3n) is 3.46. The van der Waals surface area contributed by atoms with Crippen molar-refractivity contribution in [2.75, 3.05) is 0 Å². The molecule has 104 valence electrons. The average Bonchev–Trinajstić information content (AvgIpc) is 2.47. The van der Waals surface area contributed by atoms with Crippen LogP contribution in [-0.4, -0.2) is 5.91 Å². The van der Waals surface area contributed by atoms with Crippen molar-refractivity contribution in [3.63, 3.8) is 0 Å². The minimum atomic E-state index is -0.567. The van der Waals surface area contributed by atoms with Gasteiger partial charge in [0.15, 0.2) is 0 Å². The first-order valence-corrected chi connectivity index (χ1v) is 6.97. The van der Waals surface area contributed by atoms with Gasteiger partial charge in [-0.2, -0.15) is 0 Å². The Labute approximate surface area is 124 Å². The van der Waals surface area contributed by atoms with Gasteiger partial charge in [-0.25, -0.2) is 0 Å². The lowest BCUT2D eigenvalue weighted by Crippen LogP contribution is -2.39. The molecule has 0 heterocycles. The third kappa shape index (κ3) is 3.20. The molecule has 0 aromatic heterocycles. The SMILES string of the molecule is CC(C)(C(=O)NCc1ccccc1Cl)c1ccccc1. The standard InChI is InChI=1S/C17H18ClNO/c1-17(2,14-9-4-3-5-10-14)16(20)19-12-13-8-6-7-11-15(13)18/h3-11H,12H2,1-2H3,(H,19,20). The molecule has 0 fully saturated rings. The fourth-order valence-electron chi connectivity index (χ4n) is 2.02. The highest BCUT2D eigenvalue weighted by atomic mass is 35.5. The summed E-state index contributed by atoms with van der Waals surface area (Å²) in [6.07, 6.45) is 0. The van der Waals surface area contributed by atoms with Gasteiger partial charge >= 0.3 is 0 Å². The number of carbonyl (C=O) groups is 1. The van der Waals surface area contributed by atoms with E-state index in [0.29, 0.717) is 11.6 Å². The van der Waals surface area contributed by atoms with Crippen LogP contribution in [0.2, 0.25) is 5.02 Å². The van der Waals surface area contributed by atoms with Gasteiger partial charge in [-0.1, -0.05) is 60.1 Å². The maximum absolute atomic E-state index is 12.4. The number of hydrogen-bond donors (Lipinski definition) is 1. The highest BCUT2D eigenvalue weighted by Gasteiger charge is 2.29. The van der Waals surface area contributed by atoms with Crippen LogP contribution in [-0.2, 0) is 16.8 Å². The van der Waals surface area contributed by atoms with E-state index < -0.39 is 5.41 Å². The summed E-state index contributed by atoms with van der Waals surface area (Å²) in [5.41, 5.74) is 1.35. The molecular formula is C17H18ClNO. The summed E-state index contributed by atoms with van der Waals surface area (Å²) in [4.78, 5) is 12.4. The summed E-state index contributed by atoms with van der Waals surface area (Å²) in [6, 6.07) is 17.3. The Kier molecular flexibility index (Phi) is 4.46. The Bertz CT molecular complexity index is 593. The van der Waals surface area contributed by atoms with Gasteiger partial charge in [0.25, 0.3) is 0 Å². The topological polar surface area (TPSA) is 29.1 Å². The van der Waals surface area contributed by atoms with Gasteiger partial charge in [0, 0.05) is 11.6 Å². The summed E-state index contributed by atoms with van der Waals surface area (Å²) in [5.74, 6) is -0.0105. The Morgan fingerprint density at radius 3 is 2.30 bits per heavy atom. The maximum Gasteiger partial charge on any atom is 0.230 e. The molecule has 0 radical (unpaired) electrons. The lowest BCUT2D eigenvalue weighted by atomic mass is 9.84. The Morgan fingerprint density at radius 1 is 1.05 bits per heavy atom. The molecule has 1 N–H and O–H groups in total. The second-order valence-corrected chi connectivity index (χ2v) is 5.67. The number of carbonyl (C=O) groups excluding carboxylic acids is 1. The molecule has 1 amide bonds. The van der Waals surface area contributed by atoms with Crippen LogP contribution in [0.1, 0.15) is 25.0 Å². The summed E-state index contributed by atoms with van der Waals surface area (Å²) < 4.78 is 0. The van der Waals surface area contributed by atoms with E-state index in [1.165, 1.54) is 0 Å². The molecular weight excluding hydrogens is 270 g/mol. The first-order valence-electron chi connectivity index (χ1n) is 6.59. The van der Waals surface area contributed by atoms with Crippen LogP contribution in [0.25, 0.3) is 0 Å². The molecule has 20 heavy (non-hydrogen) atoms. The number of halogens is 1. The minimum Gasteiger partial charge on any atom is -0.351 e. The molecule has 0 spiro atoms. The van der Waals surface area contributed by atoms with Crippen LogP contribution in [0.5, 0.6) is 0 Å². The van der Waals surface area contributed by atoms with Crippen molar-refractivity contribution < 1.29 is 4.79 Å². The van der Waals surface area contributed by atoms with Crippen LogP contribution in [0.3, 0.4) is 0 Å². The number of hydrogen-bond acceptors (Lipinski definition) is 1. The molecule has 0 atom stereocenters. The predicted molar refractivity (Wildman–Crippen MR) is 82.8 cm³/mol. The van der Waals surface area contributed by atoms with E-state index in [-0.39, 0.29) is 5.91 Å². The monoisotopic (exact) mass is 287 g/mol. The zero-order valence-corrected chi connectivity index (χ0v) is 12.4. The smallest absolute Gasteiger partial charge is 0.230 e. The zero-order valence-electron chi connectivity index (χ0n) is 11.7. The lowest BCUT2D eigenvalue weighted by Gasteiger charge is -2.24. The second-order valence-electron chi connectivity index (χ2n) is 5.27. The maximum atomic E-state index is 12.4. The number of benzene rings is 2. The molecule has 2 aromatic carbocycles. The van der Waals surface area contributed by atoms with Crippen molar-refractivity contribution in [1.82, 2.24) is 5.32 Å². The predicted octanol–water partition coefficient (Wildman–Crippen LogP) is 3.93. The van der Waals surface area contributed by atoms with Gasteiger partial charge in [0.05, 0.1) is 5.41 Å². The van der Waals surface area contributed by atoms with E-state index in [9.17, 15) is 4.79 Å². The Morgan fingerprint density at radius 2 is 1.65 bits per heavy atom. The Balaban J connectivity index is 2.07. The van der Waals surface area contributed by atoms with E-state index in [1.54, 1.807) is 0 Å². The normalized spacial score (nSPS) is 11.2. The minimum absolute atomic E-state index is 0.0105. The van der Waals surface area contributed by atoms with Crippen LogP contribution in [0.15, 0.2) is 54.6 Å². The van der Waals surface area contributed by atoms with Crippen LogP contribution < -0.4 is 5.32 Å². The van der Waals surface area contributed by atoms with Gasteiger partial charge < -0.3 is 5.32 Å². The highest BCUT2D eigenvalue weighted by molar-refractivity contribution is 6.31. The number of amides is 1. The van der Waals surface area contributed by atoms with Crippen molar-refractivity contribution in [1.29, 1.82) is 0 Å². The summed E-state index contributed by atoms with van der Waals surface area (Å²) >= 11 is 6.09. The van der Waals surface area contributed by atoms with Crippen molar-refractivity contribution in [2.45, 2.75) is 25.8 Å². The molecule has 0 unspecified atom stereocenters. The Hall–Kier alpha value is -1.80. The second kappa shape index (κ2) is 6.10. The van der Waals surface area contributed by atoms with E-state index in [4.69, 9.17) is 11.6 Å². The molecule has 2 aromatic rings. The molecule has 2 nitrogen and oxygen atoms in total. The molecule has 0 aliphatic heterocycles. The van der Waals surface area contributed by atoms with Crippen LogP contribution in [0.4, 0.5) is 0 Å². The lowest BCUT2D eigenvalue weighted by molar-refractivity contribution is -0.125. The first kappa shape index (κ1) is 14.6. The number of rotatable bonds is 4. The zero-order chi connectivity index (χ0) is 14.6. The van der Waals surface area contributed by atoms with Crippen molar-refractivity contribution >= 4 is 17.5 Å². The van der Waals surface area contributed by atoms with E-state index in [1.807, 2.05) is 68.4 Å². The van der Waals surface area contributed by atoms with Crippen molar-refractivity contribution in [3.8, 4) is 0 Å². The van der Waals surface area contributed by atoms with Crippen molar-refractivity contribution in [2.24, 2.45) is 0 Å².